The molecule has 0 amide bonds. The van der Waals surface area contributed by atoms with E-state index in [1.54, 1.807) is 0 Å². The van der Waals surface area contributed by atoms with Gasteiger partial charge in [0, 0.05) is 12.7 Å². The fraction of sp³-hybridized carbons (Fsp3) is 0.583. The molecule has 1 aliphatic rings. The average molecular weight is 304 g/mol. The number of sulfone groups is 1. The molecule has 0 bridgehead atoms. The predicted octanol–water partition coefficient (Wildman–Crippen LogP) is 1.29. The van der Waals surface area contributed by atoms with Crippen LogP contribution in [0.25, 0.3) is 0 Å². The van der Waals surface area contributed by atoms with E-state index < -0.39 is 16.1 Å². The van der Waals surface area contributed by atoms with Crippen LogP contribution in [-0.4, -0.2) is 30.7 Å². The summed E-state index contributed by atoms with van der Waals surface area (Å²) in [6.45, 7) is 3.80. The highest BCUT2D eigenvalue weighted by Crippen LogP contribution is 2.44. The lowest BCUT2D eigenvalue weighted by Gasteiger charge is -2.29. The van der Waals surface area contributed by atoms with Crippen LogP contribution in [-0.2, 0) is 16.3 Å². The number of aliphatic hydroxyl groups is 2. The van der Waals surface area contributed by atoms with Crippen molar-refractivity contribution in [3.8, 4) is 0 Å². The third-order valence-corrected chi connectivity index (χ3v) is 6.25. The van der Waals surface area contributed by atoms with Crippen molar-refractivity contribution >= 4 is 27.0 Å². The van der Waals surface area contributed by atoms with E-state index in [0.29, 0.717) is 12.0 Å². The Balaban J connectivity index is 2.75. The van der Waals surface area contributed by atoms with Crippen LogP contribution in [0.4, 0.5) is 0 Å². The standard InChI is InChI=1S/C12H16O5S2/c1-12(2)4-6-8(7(13)5-12)11(19(3,16)17)18-9(6)10(14)15/h10,14-15H,4-5H2,1-3H3. The summed E-state index contributed by atoms with van der Waals surface area (Å²) in [4.78, 5) is 12.3. The van der Waals surface area contributed by atoms with Gasteiger partial charge in [-0.2, -0.15) is 0 Å². The number of rotatable bonds is 2. The number of Topliss-reactive ketones (excluding diaryl/α,β-unsaturated/α-hetero) is 1. The van der Waals surface area contributed by atoms with E-state index in [9.17, 15) is 23.4 Å². The molecule has 1 aromatic rings. The number of carbonyl (C=O) groups excluding carboxylic acids is 1. The number of carbonyl (C=O) groups is 1. The maximum Gasteiger partial charge on any atom is 0.188 e. The maximum absolute atomic E-state index is 12.2. The molecule has 1 heterocycles. The van der Waals surface area contributed by atoms with Gasteiger partial charge in [0.25, 0.3) is 0 Å². The Morgan fingerprint density at radius 3 is 2.32 bits per heavy atom. The summed E-state index contributed by atoms with van der Waals surface area (Å²) in [5.41, 5.74) is 0.334. The number of ketones is 1. The first-order valence-electron chi connectivity index (χ1n) is 5.78. The summed E-state index contributed by atoms with van der Waals surface area (Å²) < 4.78 is 23.4. The fourth-order valence-corrected chi connectivity index (χ4v) is 4.87. The molecular formula is C12H16O5S2. The van der Waals surface area contributed by atoms with Gasteiger partial charge in [0.2, 0.25) is 0 Å². The highest BCUT2D eigenvalue weighted by atomic mass is 32.2. The van der Waals surface area contributed by atoms with Gasteiger partial charge in [-0.15, -0.1) is 11.3 Å². The molecule has 0 unspecified atom stereocenters. The summed E-state index contributed by atoms with van der Waals surface area (Å²) in [5.74, 6) is -0.241. The Hall–Kier alpha value is -0.760. The smallest absolute Gasteiger partial charge is 0.188 e. The lowest BCUT2D eigenvalue weighted by molar-refractivity contribution is -0.0403. The summed E-state index contributed by atoms with van der Waals surface area (Å²) in [6, 6.07) is 0. The van der Waals surface area contributed by atoms with Crippen molar-refractivity contribution < 1.29 is 23.4 Å². The number of fused-ring (bicyclic) bond motifs is 1. The predicted molar refractivity (Wildman–Crippen MR) is 71.0 cm³/mol. The highest BCUT2D eigenvalue weighted by Gasteiger charge is 2.39. The second kappa shape index (κ2) is 4.37. The Kier molecular flexibility index (Phi) is 3.37. The molecular weight excluding hydrogens is 288 g/mol. The normalized spacial score (nSPS) is 18.7. The minimum absolute atomic E-state index is 0.0499. The molecule has 0 saturated heterocycles. The molecule has 2 rings (SSSR count). The third kappa shape index (κ3) is 2.60. The van der Waals surface area contributed by atoms with Crippen molar-refractivity contribution in [2.24, 2.45) is 5.41 Å². The van der Waals surface area contributed by atoms with Crippen molar-refractivity contribution in [1.29, 1.82) is 0 Å². The third-order valence-electron chi connectivity index (χ3n) is 3.15. The lowest BCUT2D eigenvalue weighted by atomic mass is 9.74. The van der Waals surface area contributed by atoms with Crippen LogP contribution in [0, 0.1) is 5.41 Å². The second-order valence-electron chi connectivity index (χ2n) is 5.69. The molecule has 1 aliphatic carbocycles. The first-order valence-corrected chi connectivity index (χ1v) is 8.49. The first-order chi connectivity index (χ1) is 8.53. The maximum atomic E-state index is 12.2. The van der Waals surface area contributed by atoms with Crippen molar-refractivity contribution in [3.63, 3.8) is 0 Å². The van der Waals surface area contributed by atoms with Gasteiger partial charge in [-0.3, -0.25) is 4.79 Å². The molecule has 0 fully saturated rings. The van der Waals surface area contributed by atoms with Gasteiger partial charge in [0.1, 0.15) is 4.21 Å². The number of hydrogen-bond acceptors (Lipinski definition) is 6. The van der Waals surface area contributed by atoms with Crippen molar-refractivity contribution in [2.45, 2.75) is 37.2 Å². The van der Waals surface area contributed by atoms with Crippen LogP contribution in [0.3, 0.4) is 0 Å². The van der Waals surface area contributed by atoms with Gasteiger partial charge in [-0.05, 0) is 17.4 Å². The summed E-state index contributed by atoms with van der Waals surface area (Å²) in [5, 5.41) is 18.8. The second-order valence-corrected chi connectivity index (χ2v) is 8.96. The molecule has 0 aliphatic heterocycles. The topological polar surface area (TPSA) is 91.7 Å². The monoisotopic (exact) mass is 304 g/mol. The van der Waals surface area contributed by atoms with Crippen molar-refractivity contribution in [3.05, 3.63) is 16.0 Å². The van der Waals surface area contributed by atoms with Gasteiger partial charge in [-0.25, -0.2) is 8.42 Å². The Labute approximate surface area is 115 Å². The quantitative estimate of drug-likeness (QED) is 0.803. The minimum Gasteiger partial charge on any atom is -0.364 e. The average Bonchev–Trinajstić information content (AvgIpc) is 2.54. The largest absolute Gasteiger partial charge is 0.364 e. The van der Waals surface area contributed by atoms with Crippen molar-refractivity contribution in [1.82, 2.24) is 0 Å². The van der Waals surface area contributed by atoms with Crippen LogP contribution in [0.1, 0.15) is 47.4 Å². The van der Waals surface area contributed by atoms with E-state index >= 15 is 0 Å². The fourth-order valence-electron chi connectivity index (χ4n) is 2.45. The summed E-state index contributed by atoms with van der Waals surface area (Å²) >= 11 is 0.786. The molecule has 19 heavy (non-hydrogen) atoms. The molecule has 0 aromatic carbocycles. The van der Waals surface area contributed by atoms with Crippen LogP contribution in [0.5, 0.6) is 0 Å². The minimum atomic E-state index is -3.55. The number of thiophene rings is 1. The Morgan fingerprint density at radius 1 is 1.26 bits per heavy atom. The van der Waals surface area contributed by atoms with E-state index in [-0.39, 0.29) is 32.3 Å². The molecule has 1 aromatic heterocycles. The molecule has 0 radical (unpaired) electrons. The lowest BCUT2D eigenvalue weighted by Crippen LogP contribution is -2.27. The summed E-state index contributed by atoms with van der Waals surface area (Å²) in [7, 11) is -3.55. The SMILES string of the molecule is CC1(C)CC(=O)c2c(S(C)(=O)=O)sc(C(O)O)c2C1. The number of aliphatic hydroxyl groups excluding tert-OH is 1. The van der Waals surface area contributed by atoms with E-state index in [1.165, 1.54) is 0 Å². The van der Waals surface area contributed by atoms with E-state index in [0.717, 1.165) is 17.6 Å². The summed E-state index contributed by atoms with van der Waals surface area (Å²) in [6.07, 6.45) is 0.00314. The zero-order valence-electron chi connectivity index (χ0n) is 10.9. The molecule has 0 atom stereocenters. The van der Waals surface area contributed by atoms with Gasteiger partial charge in [-0.1, -0.05) is 13.8 Å². The van der Waals surface area contributed by atoms with Crippen LogP contribution < -0.4 is 0 Å². The van der Waals surface area contributed by atoms with E-state index in [1.807, 2.05) is 13.8 Å². The van der Waals surface area contributed by atoms with E-state index in [4.69, 9.17) is 0 Å². The highest BCUT2D eigenvalue weighted by molar-refractivity contribution is 7.92. The molecule has 5 nitrogen and oxygen atoms in total. The Morgan fingerprint density at radius 2 is 1.84 bits per heavy atom. The van der Waals surface area contributed by atoms with E-state index in [2.05, 4.69) is 0 Å². The molecule has 2 N–H and O–H groups in total. The van der Waals surface area contributed by atoms with Gasteiger partial charge in [0.05, 0.1) is 10.4 Å². The zero-order chi connectivity index (χ0) is 14.6. The molecule has 0 spiro atoms. The first kappa shape index (κ1) is 14.6. The van der Waals surface area contributed by atoms with Gasteiger partial charge < -0.3 is 10.2 Å². The van der Waals surface area contributed by atoms with Gasteiger partial charge >= 0.3 is 0 Å². The molecule has 0 saturated carbocycles. The van der Waals surface area contributed by atoms with Crippen LogP contribution in [0.2, 0.25) is 0 Å². The Bertz CT molecular complexity index is 637. The zero-order valence-corrected chi connectivity index (χ0v) is 12.6. The number of hydrogen-bond donors (Lipinski definition) is 2. The van der Waals surface area contributed by atoms with Crippen LogP contribution >= 0.6 is 11.3 Å². The van der Waals surface area contributed by atoms with Gasteiger partial charge in [0.15, 0.2) is 21.9 Å². The van der Waals surface area contributed by atoms with Crippen molar-refractivity contribution in [2.75, 3.05) is 6.26 Å². The molecule has 7 heteroatoms. The van der Waals surface area contributed by atoms with Crippen LogP contribution in [0.15, 0.2) is 4.21 Å². The molecule has 106 valence electrons.